The van der Waals surface area contributed by atoms with E-state index in [0.717, 1.165) is 11.5 Å². The molecule has 0 saturated carbocycles. The molecule has 29 heavy (non-hydrogen) atoms. The zero-order valence-electron chi connectivity index (χ0n) is 15.2. The third-order valence-electron chi connectivity index (χ3n) is 3.77. The number of nitrogens with one attached hydrogen (secondary N) is 2. The highest BCUT2D eigenvalue weighted by atomic mass is 32.1. The second-order valence-corrected chi connectivity index (χ2v) is 6.49. The zero-order chi connectivity index (χ0) is 20.8. The summed E-state index contributed by atoms with van der Waals surface area (Å²) in [5, 5.41) is 14.0. The minimum absolute atomic E-state index is 0.101. The van der Waals surface area contributed by atoms with Crippen LogP contribution in [-0.2, 0) is 11.2 Å². The quantitative estimate of drug-likeness (QED) is 0.508. The van der Waals surface area contributed by atoms with E-state index in [2.05, 4.69) is 20.0 Å². The average molecular weight is 412 g/mol. The third kappa shape index (κ3) is 4.93. The van der Waals surface area contributed by atoms with E-state index in [1.807, 2.05) is 0 Å². The SMILES string of the molecule is COc1ccccc1C(=O)c1ccccc1NC(=O)Nc1nc(CC(=O)O)ns1. The number of methoxy groups -OCH3 is 1. The Morgan fingerprint density at radius 1 is 1.03 bits per heavy atom. The van der Waals surface area contributed by atoms with Gasteiger partial charge in [-0.25, -0.2) is 9.78 Å². The van der Waals surface area contributed by atoms with Crippen LogP contribution in [0.25, 0.3) is 0 Å². The van der Waals surface area contributed by atoms with Gasteiger partial charge in [-0.3, -0.25) is 14.9 Å². The first-order valence-electron chi connectivity index (χ1n) is 8.37. The van der Waals surface area contributed by atoms with Gasteiger partial charge in [0.2, 0.25) is 5.13 Å². The lowest BCUT2D eigenvalue weighted by atomic mass is 10.0. The number of para-hydroxylation sites is 2. The minimum Gasteiger partial charge on any atom is -0.496 e. The highest BCUT2D eigenvalue weighted by Gasteiger charge is 2.18. The molecule has 1 aromatic heterocycles. The van der Waals surface area contributed by atoms with Gasteiger partial charge in [0.1, 0.15) is 12.2 Å². The summed E-state index contributed by atoms with van der Waals surface area (Å²) in [4.78, 5) is 39.9. The Balaban J connectivity index is 1.77. The van der Waals surface area contributed by atoms with E-state index in [9.17, 15) is 14.4 Å². The predicted octanol–water partition coefficient (Wildman–Crippen LogP) is 3.05. The van der Waals surface area contributed by atoms with Crippen molar-refractivity contribution in [2.24, 2.45) is 0 Å². The maximum absolute atomic E-state index is 13.0. The zero-order valence-corrected chi connectivity index (χ0v) is 16.0. The lowest BCUT2D eigenvalue weighted by Crippen LogP contribution is -2.21. The topological polar surface area (TPSA) is 131 Å². The van der Waals surface area contributed by atoms with Gasteiger partial charge in [0.25, 0.3) is 0 Å². The number of carbonyl (C=O) groups is 3. The van der Waals surface area contributed by atoms with Gasteiger partial charge in [-0.05, 0) is 24.3 Å². The van der Waals surface area contributed by atoms with Crippen LogP contribution in [0.15, 0.2) is 48.5 Å². The Kier molecular flexibility index (Phi) is 6.15. The monoisotopic (exact) mass is 412 g/mol. The van der Waals surface area contributed by atoms with Crippen molar-refractivity contribution in [3.63, 3.8) is 0 Å². The molecule has 0 spiro atoms. The molecule has 0 aliphatic rings. The maximum atomic E-state index is 13.0. The van der Waals surface area contributed by atoms with Crippen LogP contribution in [0.5, 0.6) is 5.75 Å². The van der Waals surface area contributed by atoms with E-state index in [1.54, 1.807) is 48.5 Å². The molecule has 0 aliphatic heterocycles. The minimum atomic E-state index is -1.07. The molecule has 0 aliphatic carbocycles. The Bertz CT molecular complexity index is 1070. The molecule has 0 fully saturated rings. The number of ketones is 1. The number of rotatable bonds is 7. The highest BCUT2D eigenvalue weighted by molar-refractivity contribution is 7.09. The standard InChI is InChI=1S/C19H16N4O5S/c1-28-14-9-5-3-7-12(14)17(26)11-6-2-4-8-13(11)20-18(27)22-19-21-15(23-29-19)10-16(24)25/h2-9H,10H2,1H3,(H,24,25)(H2,20,21,22,23,27). The molecule has 0 radical (unpaired) electrons. The molecule has 148 valence electrons. The Morgan fingerprint density at radius 3 is 2.45 bits per heavy atom. The number of benzene rings is 2. The predicted molar refractivity (Wildman–Crippen MR) is 107 cm³/mol. The molecule has 0 bridgehead atoms. The van der Waals surface area contributed by atoms with Crippen molar-refractivity contribution in [1.82, 2.24) is 9.36 Å². The summed E-state index contributed by atoms with van der Waals surface area (Å²) in [6.45, 7) is 0. The summed E-state index contributed by atoms with van der Waals surface area (Å²) in [5.41, 5.74) is 0.958. The molecule has 9 nitrogen and oxygen atoms in total. The Labute approximate surface area is 169 Å². The van der Waals surface area contributed by atoms with Crippen molar-refractivity contribution < 1.29 is 24.2 Å². The number of aliphatic carboxylic acids is 1. The van der Waals surface area contributed by atoms with Gasteiger partial charge in [-0.1, -0.05) is 24.3 Å². The fourth-order valence-electron chi connectivity index (χ4n) is 2.53. The van der Waals surface area contributed by atoms with Gasteiger partial charge in [-0.2, -0.15) is 4.37 Å². The fraction of sp³-hybridized carbons (Fsp3) is 0.105. The molecule has 0 atom stereocenters. The molecule has 2 amide bonds. The van der Waals surface area contributed by atoms with Gasteiger partial charge in [0, 0.05) is 17.1 Å². The van der Waals surface area contributed by atoms with Crippen LogP contribution < -0.4 is 15.4 Å². The van der Waals surface area contributed by atoms with Gasteiger partial charge < -0.3 is 15.2 Å². The second-order valence-electron chi connectivity index (χ2n) is 5.74. The van der Waals surface area contributed by atoms with E-state index in [4.69, 9.17) is 9.84 Å². The first-order valence-corrected chi connectivity index (χ1v) is 9.14. The molecule has 2 aromatic carbocycles. The fourth-order valence-corrected chi connectivity index (χ4v) is 3.11. The molecular weight excluding hydrogens is 396 g/mol. The van der Waals surface area contributed by atoms with Crippen LogP contribution in [0, 0.1) is 0 Å². The van der Waals surface area contributed by atoms with Gasteiger partial charge in [-0.15, -0.1) is 0 Å². The van der Waals surface area contributed by atoms with Gasteiger partial charge in [0.05, 0.1) is 18.4 Å². The van der Waals surface area contributed by atoms with Crippen molar-refractivity contribution in [3.05, 3.63) is 65.5 Å². The highest BCUT2D eigenvalue weighted by Crippen LogP contribution is 2.25. The number of urea groups is 1. The number of carboxylic acid groups (broad SMARTS) is 1. The Hall–Kier alpha value is -3.79. The number of hydrogen-bond acceptors (Lipinski definition) is 7. The Morgan fingerprint density at radius 2 is 1.72 bits per heavy atom. The second kappa shape index (κ2) is 8.93. The molecule has 0 saturated heterocycles. The largest absolute Gasteiger partial charge is 0.496 e. The molecule has 3 aromatic rings. The number of aromatic nitrogens is 2. The van der Waals surface area contributed by atoms with E-state index >= 15 is 0 Å². The summed E-state index contributed by atoms with van der Waals surface area (Å²) in [6.07, 6.45) is -0.337. The van der Waals surface area contributed by atoms with Crippen LogP contribution in [-0.4, -0.2) is 39.4 Å². The van der Waals surface area contributed by atoms with Crippen molar-refractivity contribution in [2.45, 2.75) is 6.42 Å². The number of anilines is 2. The molecule has 3 rings (SSSR count). The molecule has 1 heterocycles. The first-order chi connectivity index (χ1) is 14.0. The summed E-state index contributed by atoms with van der Waals surface area (Å²) in [6, 6.07) is 12.7. The maximum Gasteiger partial charge on any atom is 0.325 e. The summed E-state index contributed by atoms with van der Waals surface area (Å²) in [5.74, 6) is -0.846. The van der Waals surface area contributed by atoms with Crippen LogP contribution in [0.3, 0.4) is 0 Å². The van der Waals surface area contributed by atoms with Crippen molar-refractivity contribution >= 4 is 40.1 Å². The lowest BCUT2D eigenvalue weighted by molar-refractivity contribution is -0.136. The van der Waals surface area contributed by atoms with Crippen molar-refractivity contribution in [1.29, 1.82) is 0 Å². The molecule has 3 N–H and O–H groups in total. The first kappa shape index (κ1) is 20.0. The number of ether oxygens (including phenoxy) is 1. The normalized spacial score (nSPS) is 10.2. The smallest absolute Gasteiger partial charge is 0.325 e. The summed E-state index contributed by atoms with van der Waals surface area (Å²) in [7, 11) is 1.48. The number of amides is 2. The lowest BCUT2D eigenvalue weighted by Gasteiger charge is -2.12. The average Bonchev–Trinajstić information content (AvgIpc) is 3.13. The molecule has 10 heteroatoms. The third-order valence-corrected chi connectivity index (χ3v) is 4.44. The van der Waals surface area contributed by atoms with Gasteiger partial charge in [0.15, 0.2) is 11.6 Å². The van der Waals surface area contributed by atoms with E-state index in [1.165, 1.54) is 7.11 Å². The van der Waals surface area contributed by atoms with E-state index in [-0.39, 0.29) is 28.7 Å². The van der Waals surface area contributed by atoms with Crippen LogP contribution in [0.4, 0.5) is 15.6 Å². The van der Waals surface area contributed by atoms with Crippen molar-refractivity contribution in [3.8, 4) is 5.75 Å². The number of carbonyl (C=O) groups excluding carboxylic acids is 2. The van der Waals surface area contributed by atoms with Crippen LogP contribution in [0.2, 0.25) is 0 Å². The van der Waals surface area contributed by atoms with E-state index < -0.39 is 12.0 Å². The number of nitrogens with zero attached hydrogens (tertiary/aromatic N) is 2. The number of hydrogen-bond donors (Lipinski definition) is 3. The molecule has 0 unspecified atom stereocenters. The van der Waals surface area contributed by atoms with Crippen molar-refractivity contribution in [2.75, 3.05) is 17.7 Å². The van der Waals surface area contributed by atoms with Gasteiger partial charge >= 0.3 is 12.0 Å². The molecular formula is C19H16N4O5S. The van der Waals surface area contributed by atoms with E-state index in [0.29, 0.717) is 17.0 Å². The van der Waals surface area contributed by atoms with Crippen LogP contribution in [0.1, 0.15) is 21.7 Å². The summed E-state index contributed by atoms with van der Waals surface area (Å²) < 4.78 is 9.10. The summed E-state index contributed by atoms with van der Waals surface area (Å²) >= 11 is 0.863. The van der Waals surface area contributed by atoms with Crippen LogP contribution >= 0.6 is 11.5 Å². The number of carboxylic acids is 1.